The van der Waals surface area contributed by atoms with Crippen molar-refractivity contribution in [3.63, 3.8) is 0 Å². The summed E-state index contributed by atoms with van der Waals surface area (Å²) >= 11 is 0. The predicted octanol–water partition coefficient (Wildman–Crippen LogP) is 2.07. The maximum absolute atomic E-state index is 11.3. The van der Waals surface area contributed by atoms with Crippen molar-refractivity contribution in [3.8, 4) is 22.8 Å². The summed E-state index contributed by atoms with van der Waals surface area (Å²) in [7, 11) is -3.72. The normalized spacial score (nSPS) is 11.6. The zero-order valence-corrected chi connectivity index (χ0v) is 15.8. The van der Waals surface area contributed by atoms with Crippen LogP contribution in [0.1, 0.15) is 5.56 Å². The fourth-order valence-electron chi connectivity index (χ4n) is 2.92. The van der Waals surface area contributed by atoms with Crippen LogP contribution < -0.4 is 10.5 Å². The van der Waals surface area contributed by atoms with Gasteiger partial charge in [-0.15, -0.1) is 0 Å². The summed E-state index contributed by atoms with van der Waals surface area (Å²) in [5.41, 5.74) is 2.83. The van der Waals surface area contributed by atoms with Crippen molar-refractivity contribution in [1.82, 2.24) is 14.4 Å². The fraction of sp³-hybridized carbons (Fsp3) is 0.0526. The number of nitrogens with one attached hydrogen (secondary N) is 1. The van der Waals surface area contributed by atoms with Crippen molar-refractivity contribution < 1.29 is 18.6 Å². The quantitative estimate of drug-likeness (QED) is 0.368. The maximum Gasteiger partial charge on any atom is 0.238 e. The van der Waals surface area contributed by atoms with Crippen LogP contribution in [0.3, 0.4) is 0 Å². The monoisotopic (exact) mass is 411 g/mol. The number of phenolic OH excluding ortho intramolecular Hbond substituents is 2. The molecule has 0 spiro atoms. The number of fused-ring (bicyclic) bond motifs is 1. The van der Waals surface area contributed by atoms with Gasteiger partial charge in [-0.25, -0.2) is 23.5 Å². The smallest absolute Gasteiger partial charge is 0.238 e. The van der Waals surface area contributed by atoms with Crippen LogP contribution >= 0.6 is 0 Å². The molecule has 2 aromatic carbocycles. The number of phenols is 2. The van der Waals surface area contributed by atoms with Gasteiger partial charge in [-0.1, -0.05) is 12.1 Å². The second-order valence-corrected chi connectivity index (χ2v) is 7.92. The Morgan fingerprint density at radius 1 is 1.03 bits per heavy atom. The highest BCUT2D eigenvalue weighted by Crippen LogP contribution is 2.31. The molecule has 0 fully saturated rings. The van der Waals surface area contributed by atoms with Crippen LogP contribution in [0.4, 0.5) is 5.82 Å². The lowest BCUT2D eigenvalue weighted by atomic mass is 10.1. The molecule has 4 aromatic rings. The third-order valence-electron chi connectivity index (χ3n) is 4.41. The average molecular weight is 411 g/mol. The van der Waals surface area contributed by atoms with Crippen molar-refractivity contribution in [3.05, 3.63) is 66.6 Å². The second kappa shape index (κ2) is 7.08. The molecule has 0 saturated carbocycles. The van der Waals surface area contributed by atoms with Gasteiger partial charge in [-0.3, -0.25) is 4.40 Å². The molecule has 0 aliphatic rings. The third kappa shape index (κ3) is 3.71. The molecule has 4 rings (SSSR count). The minimum Gasteiger partial charge on any atom is -0.504 e. The topological polar surface area (TPSA) is 143 Å². The number of nitrogens with two attached hydrogens (primary N) is 1. The molecule has 148 valence electrons. The summed E-state index contributed by atoms with van der Waals surface area (Å²) in [6.45, 7) is 0.403. The molecule has 29 heavy (non-hydrogen) atoms. The number of aromatic hydroxyl groups is 2. The van der Waals surface area contributed by atoms with Crippen LogP contribution in [0.2, 0.25) is 0 Å². The predicted molar refractivity (Wildman–Crippen MR) is 107 cm³/mol. The number of nitrogens with zero attached hydrogens (tertiary/aromatic N) is 3. The summed E-state index contributed by atoms with van der Waals surface area (Å²) in [4.78, 5) is 8.77. The number of benzene rings is 2. The molecule has 0 amide bonds. The van der Waals surface area contributed by atoms with Gasteiger partial charge in [-0.2, -0.15) is 0 Å². The van der Waals surface area contributed by atoms with Crippen LogP contribution in [0, 0.1) is 0 Å². The summed E-state index contributed by atoms with van der Waals surface area (Å²) in [6, 6.07) is 10.8. The number of hydrogen-bond acceptors (Lipinski definition) is 7. The molecule has 0 radical (unpaired) electrons. The summed E-state index contributed by atoms with van der Waals surface area (Å²) in [6.07, 6.45) is 5.01. The Labute approximate surface area is 166 Å². The van der Waals surface area contributed by atoms with E-state index in [1.807, 2.05) is 4.40 Å². The number of rotatable bonds is 5. The van der Waals surface area contributed by atoms with Crippen molar-refractivity contribution in [2.75, 3.05) is 5.32 Å². The zero-order valence-electron chi connectivity index (χ0n) is 15.0. The molecule has 0 aliphatic heterocycles. The number of sulfonamides is 1. The number of primary sulfonamides is 1. The van der Waals surface area contributed by atoms with Crippen LogP contribution in [-0.4, -0.2) is 33.0 Å². The van der Waals surface area contributed by atoms with E-state index in [0.29, 0.717) is 23.6 Å². The van der Waals surface area contributed by atoms with Crippen molar-refractivity contribution in [2.24, 2.45) is 5.14 Å². The molecule has 0 bridgehead atoms. The Kier molecular flexibility index (Phi) is 4.57. The third-order valence-corrected chi connectivity index (χ3v) is 5.34. The lowest BCUT2D eigenvalue weighted by Crippen LogP contribution is -2.12. The van der Waals surface area contributed by atoms with Crippen LogP contribution in [0.25, 0.3) is 16.9 Å². The van der Waals surface area contributed by atoms with Gasteiger partial charge in [0.2, 0.25) is 10.0 Å². The van der Waals surface area contributed by atoms with Crippen molar-refractivity contribution >= 4 is 21.5 Å². The van der Waals surface area contributed by atoms with Gasteiger partial charge in [0, 0.05) is 24.5 Å². The van der Waals surface area contributed by atoms with Crippen molar-refractivity contribution in [1.29, 1.82) is 0 Å². The molecule has 2 heterocycles. The molecule has 0 aliphatic carbocycles. The highest BCUT2D eigenvalue weighted by atomic mass is 32.2. The first kappa shape index (κ1) is 18.7. The molecule has 5 N–H and O–H groups in total. The zero-order chi connectivity index (χ0) is 20.6. The Bertz CT molecular complexity index is 1300. The highest BCUT2D eigenvalue weighted by molar-refractivity contribution is 7.89. The van der Waals surface area contributed by atoms with Gasteiger partial charge < -0.3 is 15.5 Å². The van der Waals surface area contributed by atoms with E-state index in [0.717, 1.165) is 11.3 Å². The van der Waals surface area contributed by atoms with Gasteiger partial charge in [0.1, 0.15) is 0 Å². The van der Waals surface area contributed by atoms with Crippen LogP contribution in [0.5, 0.6) is 11.5 Å². The molecule has 2 aromatic heterocycles. The van der Waals surface area contributed by atoms with Crippen LogP contribution in [0.15, 0.2) is 66.0 Å². The van der Waals surface area contributed by atoms with E-state index in [1.54, 1.807) is 36.8 Å². The van der Waals surface area contributed by atoms with E-state index in [-0.39, 0.29) is 16.4 Å². The highest BCUT2D eigenvalue weighted by Gasteiger charge is 2.12. The lowest BCUT2D eigenvalue weighted by molar-refractivity contribution is 0.404. The van der Waals surface area contributed by atoms with E-state index in [2.05, 4.69) is 15.3 Å². The minimum absolute atomic E-state index is 0.0523. The van der Waals surface area contributed by atoms with Gasteiger partial charge in [0.25, 0.3) is 0 Å². The van der Waals surface area contributed by atoms with E-state index in [4.69, 9.17) is 5.14 Å². The SMILES string of the molecule is NS(=O)(=O)c1ccc(CNc2nccn3c(-c4ccc(O)c(O)c4)cnc23)cc1. The molecule has 0 saturated heterocycles. The van der Waals surface area contributed by atoms with E-state index in [1.165, 1.54) is 24.3 Å². The average Bonchev–Trinajstić information content (AvgIpc) is 3.13. The number of anilines is 1. The van der Waals surface area contributed by atoms with Gasteiger partial charge >= 0.3 is 0 Å². The summed E-state index contributed by atoms with van der Waals surface area (Å²) in [5, 5.41) is 27.6. The first-order valence-electron chi connectivity index (χ1n) is 8.53. The van der Waals surface area contributed by atoms with E-state index >= 15 is 0 Å². The van der Waals surface area contributed by atoms with E-state index < -0.39 is 10.0 Å². The Hall–Kier alpha value is -3.63. The number of aromatic nitrogens is 3. The standard InChI is InChI=1S/C19H17N5O4S/c20-29(27,28)14-4-1-12(2-5-14)10-22-18-19-23-11-15(24(19)8-7-21-18)13-3-6-16(25)17(26)9-13/h1-9,11,25-26H,10H2,(H,21,22)(H2,20,27,28). The van der Waals surface area contributed by atoms with E-state index in [9.17, 15) is 18.6 Å². The number of hydrogen-bond donors (Lipinski definition) is 4. The maximum atomic E-state index is 11.3. The van der Waals surface area contributed by atoms with Crippen molar-refractivity contribution in [2.45, 2.75) is 11.4 Å². The van der Waals surface area contributed by atoms with Gasteiger partial charge in [0.15, 0.2) is 23.0 Å². The lowest BCUT2D eigenvalue weighted by Gasteiger charge is -2.09. The summed E-state index contributed by atoms with van der Waals surface area (Å²) in [5.74, 6) is 0.130. The van der Waals surface area contributed by atoms with Gasteiger partial charge in [0.05, 0.1) is 16.8 Å². The molecule has 0 unspecified atom stereocenters. The Morgan fingerprint density at radius 2 is 1.79 bits per heavy atom. The Balaban J connectivity index is 1.60. The molecule has 9 nitrogen and oxygen atoms in total. The molecule has 10 heteroatoms. The first-order chi connectivity index (χ1) is 13.8. The Morgan fingerprint density at radius 3 is 2.48 bits per heavy atom. The minimum atomic E-state index is -3.72. The molecular weight excluding hydrogens is 394 g/mol. The largest absolute Gasteiger partial charge is 0.504 e. The molecular formula is C19H17N5O4S. The van der Waals surface area contributed by atoms with Crippen LogP contribution in [-0.2, 0) is 16.6 Å². The number of imidazole rings is 1. The van der Waals surface area contributed by atoms with Gasteiger partial charge in [-0.05, 0) is 35.9 Å². The second-order valence-electron chi connectivity index (χ2n) is 6.36. The fourth-order valence-corrected chi connectivity index (χ4v) is 3.44. The molecule has 0 atom stereocenters. The summed E-state index contributed by atoms with van der Waals surface area (Å²) < 4.78 is 24.5. The first-order valence-corrected chi connectivity index (χ1v) is 10.1.